The predicted molar refractivity (Wildman–Crippen MR) is 123 cm³/mol. The number of anilines is 2. The summed E-state index contributed by atoms with van der Waals surface area (Å²) in [4.78, 5) is 0.277. The van der Waals surface area contributed by atoms with Crippen molar-refractivity contribution in [2.24, 2.45) is 5.92 Å². The van der Waals surface area contributed by atoms with Crippen LogP contribution in [-0.4, -0.2) is 15.5 Å². The van der Waals surface area contributed by atoms with Gasteiger partial charge in [0.1, 0.15) is 5.75 Å². The Balaban J connectivity index is 1.48. The van der Waals surface area contributed by atoms with Crippen molar-refractivity contribution < 1.29 is 13.2 Å². The number of benzene rings is 3. The molecule has 158 valence electrons. The summed E-state index contributed by atoms with van der Waals surface area (Å²) >= 11 is 0. The van der Waals surface area contributed by atoms with Crippen LogP contribution in [0.25, 0.3) is 0 Å². The zero-order valence-corrected chi connectivity index (χ0v) is 18.0. The van der Waals surface area contributed by atoms with Gasteiger partial charge in [-0.1, -0.05) is 42.5 Å². The lowest BCUT2D eigenvalue weighted by atomic mass is 9.77. The van der Waals surface area contributed by atoms with Gasteiger partial charge in [-0.3, -0.25) is 4.72 Å². The average molecular weight is 433 g/mol. The summed E-state index contributed by atoms with van der Waals surface area (Å²) in [6.07, 6.45) is 5.36. The maximum atomic E-state index is 13.0. The van der Waals surface area contributed by atoms with Crippen LogP contribution in [0.5, 0.6) is 5.75 Å². The van der Waals surface area contributed by atoms with Crippen LogP contribution in [0.2, 0.25) is 0 Å². The third-order valence-corrected chi connectivity index (χ3v) is 7.52. The number of nitrogens with one attached hydrogen (secondary N) is 2. The average Bonchev–Trinajstić information content (AvgIpc) is 3.29. The quantitative estimate of drug-likeness (QED) is 0.535. The fourth-order valence-electron chi connectivity index (χ4n) is 4.60. The lowest BCUT2D eigenvalue weighted by Gasteiger charge is -2.37. The molecular formula is C25H24N2O3S. The van der Waals surface area contributed by atoms with Crippen molar-refractivity contribution in [3.63, 3.8) is 0 Å². The van der Waals surface area contributed by atoms with Gasteiger partial charge in [-0.25, -0.2) is 8.42 Å². The summed E-state index contributed by atoms with van der Waals surface area (Å²) in [7, 11) is -2.00. The fourth-order valence-corrected chi connectivity index (χ4v) is 5.69. The second-order valence-corrected chi connectivity index (χ2v) is 9.65. The van der Waals surface area contributed by atoms with E-state index in [2.05, 4.69) is 34.3 Å². The van der Waals surface area contributed by atoms with Gasteiger partial charge in [-0.05, 0) is 65.9 Å². The van der Waals surface area contributed by atoms with E-state index in [1.165, 1.54) is 5.56 Å². The number of hydrogen-bond donors (Lipinski definition) is 2. The summed E-state index contributed by atoms with van der Waals surface area (Å²) in [5.41, 5.74) is 3.76. The van der Waals surface area contributed by atoms with E-state index in [-0.39, 0.29) is 16.9 Å². The molecule has 3 aromatic carbocycles. The van der Waals surface area contributed by atoms with Crippen LogP contribution in [0.4, 0.5) is 11.4 Å². The van der Waals surface area contributed by atoms with Crippen LogP contribution in [0.1, 0.15) is 29.5 Å². The highest BCUT2D eigenvalue weighted by Crippen LogP contribution is 2.50. The number of rotatable bonds is 5. The highest BCUT2D eigenvalue weighted by Gasteiger charge is 2.38. The normalized spacial score (nSPS) is 21.6. The van der Waals surface area contributed by atoms with Gasteiger partial charge in [0.25, 0.3) is 10.0 Å². The zero-order valence-electron chi connectivity index (χ0n) is 17.2. The lowest BCUT2D eigenvalue weighted by Crippen LogP contribution is -2.29. The number of para-hydroxylation sites is 1. The first-order valence-corrected chi connectivity index (χ1v) is 11.8. The molecular weight excluding hydrogens is 408 g/mol. The van der Waals surface area contributed by atoms with Crippen molar-refractivity contribution in [1.82, 2.24) is 0 Å². The topological polar surface area (TPSA) is 67.4 Å². The first-order valence-electron chi connectivity index (χ1n) is 10.3. The molecule has 1 heterocycles. The van der Waals surface area contributed by atoms with Crippen LogP contribution in [0.3, 0.4) is 0 Å². The molecule has 31 heavy (non-hydrogen) atoms. The molecule has 3 atom stereocenters. The number of hydrogen-bond acceptors (Lipinski definition) is 4. The Kier molecular flexibility index (Phi) is 4.94. The number of methoxy groups -OCH3 is 1. The minimum absolute atomic E-state index is 0.156. The second-order valence-electron chi connectivity index (χ2n) is 7.97. The molecule has 0 bridgehead atoms. The van der Waals surface area contributed by atoms with E-state index in [1.54, 1.807) is 25.3 Å². The Hall–Kier alpha value is -3.25. The molecule has 2 aliphatic rings. The predicted octanol–water partition coefficient (Wildman–Crippen LogP) is 5.32. The summed E-state index contributed by atoms with van der Waals surface area (Å²) in [5, 5.41) is 3.65. The van der Waals surface area contributed by atoms with Crippen molar-refractivity contribution >= 4 is 21.4 Å². The van der Waals surface area contributed by atoms with E-state index in [0.717, 1.165) is 23.4 Å². The Morgan fingerprint density at radius 1 is 1.00 bits per heavy atom. The van der Waals surface area contributed by atoms with Crippen LogP contribution >= 0.6 is 0 Å². The Morgan fingerprint density at radius 3 is 2.52 bits per heavy atom. The molecule has 5 rings (SSSR count). The Bertz CT molecular complexity index is 1220. The van der Waals surface area contributed by atoms with E-state index in [0.29, 0.717) is 11.6 Å². The van der Waals surface area contributed by atoms with Crippen molar-refractivity contribution in [1.29, 1.82) is 0 Å². The third kappa shape index (κ3) is 3.68. The highest BCUT2D eigenvalue weighted by molar-refractivity contribution is 7.92. The van der Waals surface area contributed by atoms with Crippen molar-refractivity contribution in [2.75, 3.05) is 17.1 Å². The Morgan fingerprint density at radius 2 is 1.77 bits per heavy atom. The number of ether oxygens (including phenoxy) is 1. The van der Waals surface area contributed by atoms with E-state index >= 15 is 0 Å². The van der Waals surface area contributed by atoms with Gasteiger partial charge in [-0.2, -0.15) is 0 Å². The number of fused-ring (bicyclic) bond motifs is 3. The summed E-state index contributed by atoms with van der Waals surface area (Å²) in [6.45, 7) is 0. The maximum Gasteiger partial charge on any atom is 0.261 e. The van der Waals surface area contributed by atoms with E-state index in [1.807, 2.05) is 42.5 Å². The zero-order chi connectivity index (χ0) is 21.4. The first kappa shape index (κ1) is 19.7. The SMILES string of the molecule is COc1ccc([C@@H]2Nc3ccc(S(=O)(=O)Nc4ccccc4)cc3[C@H]3C=CC[C@H]32)cc1. The first-order chi connectivity index (χ1) is 15.0. The minimum atomic E-state index is -3.66. The largest absolute Gasteiger partial charge is 0.497 e. The van der Waals surface area contributed by atoms with Gasteiger partial charge in [-0.15, -0.1) is 0 Å². The monoisotopic (exact) mass is 432 g/mol. The summed E-state index contributed by atoms with van der Waals surface area (Å²) < 4.78 is 33.9. The van der Waals surface area contributed by atoms with E-state index in [4.69, 9.17) is 4.74 Å². The van der Waals surface area contributed by atoms with Gasteiger partial charge in [0, 0.05) is 17.3 Å². The third-order valence-electron chi connectivity index (χ3n) is 6.15. The van der Waals surface area contributed by atoms with Crippen LogP contribution in [-0.2, 0) is 10.0 Å². The van der Waals surface area contributed by atoms with E-state index < -0.39 is 10.0 Å². The molecule has 0 saturated carbocycles. The maximum absolute atomic E-state index is 13.0. The Labute approximate surface area is 182 Å². The molecule has 1 aliphatic carbocycles. The summed E-state index contributed by atoms with van der Waals surface area (Å²) in [6, 6.07) is 22.6. The van der Waals surface area contributed by atoms with Crippen molar-refractivity contribution in [2.45, 2.75) is 23.3 Å². The molecule has 0 unspecified atom stereocenters. The molecule has 2 N–H and O–H groups in total. The molecule has 0 radical (unpaired) electrons. The van der Waals surface area contributed by atoms with Gasteiger partial charge in [0.2, 0.25) is 0 Å². The van der Waals surface area contributed by atoms with E-state index in [9.17, 15) is 8.42 Å². The molecule has 0 aromatic heterocycles. The fraction of sp³-hybridized carbons (Fsp3) is 0.200. The molecule has 6 heteroatoms. The number of sulfonamides is 1. The van der Waals surface area contributed by atoms with Gasteiger partial charge < -0.3 is 10.1 Å². The van der Waals surface area contributed by atoms with Gasteiger partial charge in [0.05, 0.1) is 18.0 Å². The van der Waals surface area contributed by atoms with Gasteiger partial charge in [0.15, 0.2) is 0 Å². The van der Waals surface area contributed by atoms with Gasteiger partial charge >= 0.3 is 0 Å². The van der Waals surface area contributed by atoms with Crippen LogP contribution < -0.4 is 14.8 Å². The smallest absolute Gasteiger partial charge is 0.261 e. The van der Waals surface area contributed by atoms with Crippen molar-refractivity contribution in [3.8, 4) is 5.75 Å². The molecule has 0 amide bonds. The molecule has 0 saturated heterocycles. The molecule has 3 aromatic rings. The van der Waals surface area contributed by atoms with Crippen LogP contribution in [0, 0.1) is 5.92 Å². The highest BCUT2D eigenvalue weighted by atomic mass is 32.2. The van der Waals surface area contributed by atoms with Crippen LogP contribution in [0.15, 0.2) is 89.8 Å². The lowest BCUT2D eigenvalue weighted by molar-refractivity contribution is 0.411. The molecule has 5 nitrogen and oxygen atoms in total. The number of allylic oxidation sites excluding steroid dienone is 2. The second kappa shape index (κ2) is 7.78. The summed E-state index contributed by atoms with van der Waals surface area (Å²) in [5.74, 6) is 1.35. The molecule has 1 aliphatic heterocycles. The van der Waals surface area contributed by atoms with Crippen molar-refractivity contribution in [3.05, 3.63) is 96.1 Å². The minimum Gasteiger partial charge on any atom is -0.497 e. The standard InChI is InChI=1S/C25H24N2O3S/c1-30-19-12-10-17(11-13-19)25-22-9-5-8-21(22)23-16-20(14-15-24(23)26-25)31(28,29)27-18-6-3-2-4-7-18/h2-8,10-16,21-22,25-27H,9H2,1H3/t21-,22+,25-/m0/s1. The molecule has 0 fully saturated rings. The molecule has 0 spiro atoms.